The number of carbonyl (C=O) groups excluding carboxylic acids is 1. The smallest absolute Gasteiger partial charge is 0.303 e. The first-order valence-electron chi connectivity index (χ1n) is 9.01. The average Bonchev–Trinajstić information content (AvgIpc) is 2.67. The summed E-state index contributed by atoms with van der Waals surface area (Å²) in [6.07, 6.45) is 1.58. The Labute approximate surface area is 163 Å². The Morgan fingerprint density at radius 3 is 2.44 bits per heavy atom. The van der Waals surface area contributed by atoms with E-state index in [0.717, 1.165) is 5.56 Å². The van der Waals surface area contributed by atoms with E-state index in [9.17, 15) is 9.59 Å². The van der Waals surface area contributed by atoms with Gasteiger partial charge in [0.05, 0.1) is 5.56 Å². The van der Waals surface area contributed by atoms with E-state index in [2.05, 4.69) is 0 Å². The molecule has 1 fully saturated rings. The highest BCUT2D eigenvalue weighted by molar-refractivity contribution is 6.31. The van der Waals surface area contributed by atoms with Crippen molar-refractivity contribution in [3.05, 3.63) is 64.7 Å². The predicted molar refractivity (Wildman–Crippen MR) is 103 cm³/mol. The van der Waals surface area contributed by atoms with Gasteiger partial charge in [0.2, 0.25) is 0 Å². The largest absolute Gasteiger partial charge is 0.488 e. The zero-order valence-corrected chi connectivity index (χ0v) is 15.7. The lowest BCUT2D eigenvalue weighted by Gasteiger charge is -2.31. The van der Waals surface area contributed by atoms with Crippen molar-refractivity contribution in [3.63, 3.8) is 0 Å². The molecule has 0 atom stereocenters. The number of hydrogen-bond acceptors (Lipinski definition) is 3. The first-order chi connectivity index (χ1) is 13.0. The number of carboxylic acid groups (broad SMARTS) is 1. The molecule has 1 heterocycles. The summed E-state index contributed by atoms with van der Waals surface area (Å²) in [4.78, 5) is 25.6. The summed E-state index contributed by atoms with van der Waals surface area (Å²) in [5, 5.41) is 9.55. The number of likely N-dealkylation sites (tertiary alicyclic amines) is 1. The number of piperidine rings is 1. The van der Waals surface area contributed by atoms with Gasteiger partial charge in [0.15, 0.2) is 0 Å². The number of carbonyl (C=O) groups is 2. The molecule has 5 nitrogen and oxygen atoms in total. The van der Waals surface area contributed by atoms with E-state index in [1.165, 1.54) is 0 Å². The monoisotopic (exact) mass is 387 g/mol. The lowest BCUT2D eigenvalue weighted by Crippen LogP contribution is -2.39. The van der Waals surface area contributed by atoms with Crippen molar-refractivity contribution in [3.8, 4) is 5.75 Å². The van der Waals surface area contributed by atoms with Crippen LogP contribution in [0.4, 0.5) is 0 Å². The van der Waals surface area contributed by atoms with Gasteiger partial charge in [-0.1, -0.05) is 41.9 Å². The zero-order chi connectivity index (χ0) is 19.2. The zero-order valence-electron chi connectivity index (χ0n) is 14.9. The molecule has 1 aliphatic heterocycles. The molecule has 0 aromatic heterocycles. The van der Waals surface area contributed by atoms with Gasteiger partial charge in [0, 0.05) is 30.1 Å². The molecule has 1 saturated heterocycles. The number of nitrogens with zero attached hydrogens (tertiary/aromatic N) is 1. The molecule has 142 valence electrons. The van der Waals surface area contributed by atoms with E-state index in [-0.39, 0.29) is 24.9 Å². The molecule has 0 unspecified atom stereocenters. The summed E-state index contributed by atoms with van der Waals surface area (Å²) in [6, 6.07) is 14.6. The molecule has 1 aliphatic rings. The van der Waals surface area contributed by atoms with Gasteiger partial charge in [-0.05, 0) is 37.0 Å². The highest BCUT2D eigenvalue weighted by Crippen LogP contribution is 2.26. The predicted octanol–water partition coefficient (Wildman–Crippen LogP) is 4.25. The van der Waals surface area contributed by atoms with Crippen LogP contribution in [-0.4, -0.2) is 35.0 Å². The Kier molecular flexibility index (Phi) is 6.35. The van der Waals surface area contributed by atoms with Crippen LogP contribution < -0.4 is 4.74 Å². The highest BCUT2D eigenvalue weighted by Gasteiger charge is 2.26. The number of benzene rings is 2. The van der Waals surface area contributed by atoms with Gasteiger partial charge in [0.25, 0.3) is 5.91 Å². The van der Waals surface area contributed by atoms with Crippen LogP contribution in [-0.2, 0) is 11.4 Å². The summed E-state index contributed by atoms with van der Waals surface area (Å²) in [6.45, 7) is 1.41. The molecule has 1 amide bonds. The van der Waals surface area contributed by atoms with Gasteiger partial charge in [0.1, 0.15) is 12.4 Å². The van der Waals surface area contributed by atoms with Crippen LogP contribution in [0.3, 0.4) is 0 Å². The first kappa shape index (κ1) is 19.2. The van der Waals surface area contributed by atoms with Crippen molar-refractivity contribution in [1.29, 1.82) is 0 Å². The molecule has 0 bridgehead atoms. The van der Waals surface area contributed by atoms with Gasteiger partial charge in [-0.15, -0.1) is 0 Å². The maximum Gasteiger partial charge on any atom is 0.303 e. The minimum atomic E-state index is -0.780. The topological polar surface area (TPSA) is 66.8 Å². The van der Waals surface area contributed by atoms with Crippen LogP contribution in [0.1, 0.15) is 35.2 Å². The Hall–Kier alpha value is -2.53. The number of halogens is 1. The van der Waals surface area contributed by atoms with Crippen LogP contribution in [0.15, 0.2) is 48.5 Å². The molecule has 0 radical (unpaired) electrons. The van der Waals surface area contributed by atoms with Gasteiger partial charge < -0.3 is 14.7 Å². The van der Waals surface area contributed by atoms with E-state index >= 15 is 0 Å². The number of ether oxygens (including phenoxy) is 1. The van der Waals surface area contributed by atoms with Crippen molar-refractivity contribution >= 4 is 23.5 Å². The van der Waals surface area contributed by atoms with E-state index in [1.807, 2.05) is 30.3 Å². The fourth-order valence-corrected chi connectivity index (χ4v) is 3.49. The highest BCUT2D eigenvalue weighted by atomic mass is 35.5. The minimum Gasteiger partial charge on any atom is -0.488 e. The van der Waals surface area contributed by atoms with Crippen molar-refractivity contribution in [2.75, 3.05) is 13.1 Å². The molecular weight excluding hydrogens is 366 g/mol. The second-order valence-electron chi connectivity index (χ2n) is 6.71. The number of amides is 1. The maximum absolute atomic E-state index is 12.9. The third-order valence-electron chi connectivity index (χ3n) is 4.82. The molecule has 0 aliphatic carbocycles. The van der Waals surface area contributed by atoms with E-state index in [0.29, 0.717) is 42.3 Å². The lowest BCUT2D eigenvalue weighted by atomic mass is 9.93. The Balaban J connectivity index is 1.66. The summed E-state index contributed by atoms with van der Waals surface area (Å²) in [5.74, 6) is -0.204. The van der Waals surface area contributed by atoms with Gasteiger partial charge in [-0.2, -0.15) is 0 Å². The molecule has 2 aromatic rings. The maximum atomic E-state index is 12.9. The third kappa shape index (κ3) is 5.01. The second kappa shape index (κ2) is 8.91. The number of rotatable bonds is 6. The fourth-order valence-electron chi connectivity index (χ4n) is 3.30. The van der Waals surface area contributed by atoms with Gasteiger partial charge in [-0.25, -0.2) is 0 Å². The standard InChI is InChI=1S/C21H22ClNO4/c22-18-7-3-1-5-16(18)14-27-19-8-4-2-6-17(19)21(26)23-11-9-15(10-12-23)13-20(24)25/h1-8,15H,9-14H2,(H,24,25). The Morgan fingerprint density at radius 1 is 1.07 bits per heavy atom. The molecular formula is C21H22ClNO4. The van der Waals surface area contributed by atoms with Crippen LogP contribution in [0, 0.1) is 5.92 Å². The van der Waals surface area contributed by atoms with Gasteiger partial charge in [-0.3, -0.25) is 9.59 Å². The fraction of sp³-hybridized carbons (Fsp3) is 0.333. The van der Waals surface area contributed by atoms with E-state index < -0.39 is 5.97 Å². The molecule has 6 heteroatoms. The number of carboxylic acids is 1. The molecule has 2 aromatic carbocycles. The third-order valence-corrected chi connectivity index (χ3v) is 5.19. The first-order valence-corrected chi connectivity index (χ1v) is 9.38. The number of hydrogen-bond donors (Lipinski definition) is 1. The molecule has 3 rings (SSSR count). The van der Waals surface area contributed by atoms with E-state index in [1.54, 1.807) is 23.1 Å². The van der Waals surface area contributed by atoms with Crippen molar-refractivity contribution in [2.24, 2.45) is 5.92 Å². The molecule has 1 N–H and O–H groups in total. The van der Waals surface area contributed by atoms with Crippen LogP contribution in [0.5, 0.6) is 5.75 Å². The SMILES string of the molecule is O=C(O)CC1CCN(C(=O)c2ccccc2OCc2ccccc2Cl)CC1. The van der Waals surface area contributed by atoms with Crippen molar-refractivity contribution in [1.82, 2.24) is 4.90 Å². The van der Waals surface area contributed by atoms with Crippen LogP contribution in [0.2, 0.25) is 5.02 Å². The lowest BCUT2D eigenvalue weighted by molar-refractivity contribution is -0.138. The number of aliphatic carboxylic acids is 1. The van der Waals surface area contributed by atoms with Crippen LogP contribution in [0.25, 0.3) is 0 Å². The quantitative estimate of drug-likeness (QED) is 0.804. The van der Waals surface area contributed by atoms with E-state index in [4.69, 9.17) is 21.4 Å². The Bertz CT molecular complexity index is 815. The number of para-hydroxylation sites is 1. The molecule has 0 spiro atoms. The molecule has 27 heavy (non-hydrogen) atoms. The summed E-state index contributed by atoms with van der Waals surface area (Å²) >= 11 is 6.17. The van der Waals surface area contributed by atoms with Crippen molar-refractivity contribution < 1.29 is 19.4 Å². The second-order valence-corrected chi connectivity index (χ2v) is 7.12. The summed E-state index contributed by atoms with van der Waals surface area (Å²) in [7, 11) is 0. The summed E-state index contributed by atoms with van der Waals surface area (Å²) in [5.41, 5.74) is 1.37. The molecule has 0 saturated carbocycles. The average molecular weight is 388 g/mol. The summed E-state index contributed by atoms with van der Waals surface area (Å²) < 4.78 is 5.88. The minimum absolute atomic E-state index is 0.0847. The van der Waals surface area contributed by atoms with Crippen LogP contribution >= 0.6 is 11.6 Å². The van der Waals surface area contributed by atoms with Crippen molar-refractivity contribution in [2.45, 2.75) is 25.9 Å². The normalized spacial score (nSPS) is 14.8. The Morgan fingerprint density at radius 2 is 1.74 bits per heavy atom. The van der Waals surface area contributed by atoms with Gasteiger partial charge >= 0.3 is 5.97 Å².